The first-order chi connectivity index (χ1) is 10.4. The Balaban J connectivity index is 2.20. The fourth-order valence-corrected chi connectivity index (χ4v) is 2.96. The average Bonchev–Trinajstić information content (AvgIpc) is 2.45. The number of hydrogen-bond acceptors (Lipinski definition) is 4. The normalized spacial score (nSPS) is 18.8. The molecule has 0 unspecified atom stereocenters. The van der Waals surface area contributed by atoms with Crippen LogP contribution in [0.5, 0.6) is 0 Å². The van der Waals surface area contributed by atoms with E-state index in [0.29, 0.717) is 19.1 Å². The number of hydrogen-bond donors (Lipinski definition) is 0. The van der Waals surface area contributed by atoms with Crippen LogP contribution in [0, 0.1) is 9.49 Å². The molecule has 0 aromatic carbocycles. The molecule has 0 spiro atoms. The van der Waals surface area contributed by atoms with Crippen molar-refractivity contribution in [2.24, 2.45) is 5.92 Å². The minimum Gasteiger partial charge on any atom is -0.443 e. The second kappa shape index (κ2) is 7.59. The Morgan fingerprint density at radius 2 is 2.32 bits per heavy atom. The molecule has 0 radical (unpaired) electrons. The highest BCUT2D eigenvalue weighted by atomic mass is 127. The largest absolute Gasteiger partial charge is 0.443 e. The smallest absolute Gasteiger partial charge is 0.414 e. The van der Waals surface area contributed by atoms with E-state index in [2.05, 4.69) is 27.6 Å². The molecule has 0 N–H and O–H groups in total. The van der Waals surface area contributed by atoms with Crippen LogP contribution in [0.2, 0.25) is 0 Å². The molecule has 1 atom stereocenters. The van der Waals surface area contributed by atoms with E-state index < -0.39 is 5.60 Å². The van der Waals surface area contributed by atoms with E-state index in [1.54, 1.807) is 17.3 Å². The van der Waals surface area contributed by atoms with E-state index in [-0.39, 0.29) is 6.09 Å². The summed E-state index contributed by atoms with van der Waals surface area (Å²) in [5.74, 6) is 0.331. The highest BCUT2D eigenvalue weighted by Gasteiger charge is 2.28. The highest BCUT2D eigenvalue weighted by Crippen LogP contribution is 2.26. The number of aromatic nitrogens is 1. The summed E-state index contributed by atoms with van der Waals surface area (Å²) in [6.45, 7) is 7.73. The molecule has 22 heavy (non-hydrogen) atoms. The lowest BCUT2D eigenvalue weighted by molar-refractivity contribution is 0.0465. The van der Waals surface area contributed by atoms with Crippen LogP contribution in [0.3, 0.4) is 0 Å². The predicted octanol–water partition coefficient (Wildman–Crippen LogP) is 3.85. The summed E-state index contributed by atoms with van der Waals surface area (Å²) in [7, 11) is 0. The third-order valence-corrected chi connectivity index (χ3v) is 4.26. The van der Waals surface area contributed by atoms with E-state index in [4.69, 9.17) is 9.47 Å². The second-order valence-electron chi connectivity index (χ2n) is 6.50. The number of ether oxygens (including phenoxy) is 2. The van der Waals surface area contributed by atoms with Crippen LogP contribution in [-0.4, -0.2) is 36.4 Å². The Labute approximate surface area is 145 Å². The summed E-state index contributed by atoms with van der Waals surface area (Å²) >= 11 is 2.22. The van der Waals surface area contributed by atoms with Crippen molar-refractivity contribution in [1.82, 2.24) is 4.98 Å². The summed E-state index contributed by atoms with van der Waals surface area (Å²) < 4.78 is 12.1. The van der Waals surface area contributed by atoms with Gasteiger partial charge in [-0.25, -0.2) is 4.79 Å². The maximum Gasteiger partial charge on any atom is 0.414 e. The first-order valence-corrected chi connectivity index (χ1v) is 8.62. The van der Waals surface area contributed by atoms with Crippen LogP contribution < -0.4 is 4.90 Å². The molecule has 5 nitrogen and oxygen atoms in total. The Hall–Kier alpha value is -0.890. The van der Waals surface area contributed by atoms with Gasteiger partial charge in [0.25, 0.3) is 0 Å². The van der Waals surface area contributed by atoms with Crippen molar-refractivity contribution in [1.29, 1.82) is 0 Å². The monoisotopic (exact) mass is 418 g/mol. The van der Waals surface area contributed by atoms with E-state index >= 15 is 0 Å². The number of halogens is 1. The van der Waals surface area contributed by atoms with Gasteiger partial charge in [0.1, 0.15) is 5.60 Å². The molecule has 0 saturated carbocycles. The predicted molar refractivity (Wildman–Crippen MR) is 94.1 cm³/mol. The van der Waals surface area contributed by atoms with Gasteiger partial charge in [0.15, 0.2) is 0 Å². The number of anilines is 1. The third-order valence-electron chi connectivity index (χ3n) is 3.35. The van der Waals surface area contributed by atoms with Gasteiger partial charge in [0, 0.05) is 28.8 Å². The van der Waals surface area contributed by atoms with Crippen LogP contribution >= 0.6 is 22.6 Å². The lowest BCUT2D eigenvalue weighted by Gasteiger charge is -2.32. The standard InChI is InChI=1S/C16H23IN2O3/c1-16(2,3)22-15(20)19(10-12-5-4-8-21-11-12)14-9-18-7-6-13(14)17/h6-7,9,12H,4-5,8,10-11H2,1-3H3/t12-/m1/s1. The molecule has 6 heteroatoms. The molecule has 1 amide bonds. The third kappa shape index (κ3) is 5.08. The van der Waals surface area contributed by atoms with Gasteiger partial charge >= 0.3 is 6.09 Å². The van der Waals surface area contributed by atoms with Crippen molar-refractivity contribution in [2.45, 2.75) is 39.2 Å². The number of carbonyl (C=O) groups excluding carboxylic acids is 1. The van der Waals surface area contributed by atoms with Crippen LogP contribution in [-0.2, 0) is 9.47 Å². The highest BCUT2D eigenvalue weighted by molar-refractivity contribution is 14.1. The molecule has 1 aliphatic rings. The summed E-state index contributed by atoms with van der Waals surface area (Å²) in [5, 5.41) is 0. The topological polar surface area (TPSA) is 51.7 Å². The zero-order valence-corrected chi connectivity index (χ0v) is 15.5. The van der Waals surface area contributed by atoms with Crippen molar-refractivity contribution < 1.29 is 14.3 Å². The van der Waals surface area contributed by atoms with Gasteiger partial charge in [0.05, 0.1) is 18.5 Å². The minimum atomic E-state index is -0.522. The summed E-state index contributed by atoms with van der Waals surface area (Å²) in [5.41, 5.74) is 0.273. The first-order valence-electron chi connectivity index (χ1n) is 7.54. The molecule has 1 saturated heterocycles. The molecule has 122 valence electrons. The molecule has 1 aromatic rings. The zero-order valence-electron chi connectivity index (χ0n) is 13.3. The minimum absolute atomic E-state index is 0.330. The SMILES string of the molecule is CC(C)(C)OC(=O)N(C[C@H]1CCCOC1)c1cnccc1I. The molecule has 1 aromatic heterocycles. The van der Waals surface area contributed by atoms with Crippen LogP contribution in [0.25, 0.3) is 0 Å². The van der Waals surface area contributed by atoms with E-state index in [0.717, 1.165) is 28.7 Å². The zero-order chi connectivity index (χ0) is 16.2. The maximum atomic E-state index is 12.6. The van der Waals surface area contributed by atoms with E-state index in [1.165, 1.54) is 0 Å². The molecular weight excluding hydrogens is 395 g/mol. The Kier molecular flexibility index (Phi) is 6.02. The number of amides is 1. The number of rotatable bonds is 3. The molecular formula is C16H23IN2O3. The van der Waals surface area contributed by atoms with Gasteiger partial charge in [-0.2, -0.15) is 0 Å². The van der Waals surface area contributed by atoms with Crippen LogP contribution in [0.15, 0.2) is 18.5 Å². The number of nitrogens with zero attached hydrogens (tertiary/aromatic N) is 2. The fourth-order valence-electron chi connectivity index (χ4n) is 2.37. The van der Waals surface area contributed by atoms with Gasteiger partial charge < -0.3 is 9.47 Å². The van der Waals surface area contributed by atoms with Crippen molar-refractivity contribution >= 4 is 34.4 Å². The quantitative estimate of drug-likeness (QED) is 0.700. The van der Waals surface area contributed by atoms with Crippen LogP contribution in [0.1, 0.15) is 33.6 Å². The Morgan fingerprint density at radius 3 is 2.91 bits per heavy atom. The lowest BCUT2D eigenvalue weighted by atomic mass is 10.0. The van der Waals surface area contributed by atoms with Gasteiger partial charge in [-0.3, -0.25) is 9.88 Å². The van der Waals surface area contributed by atoms with Gasteiger partial charge in [-0.05, 0) is 62.3 Å². The Morgan fingerprint density at radius 1 is 1.55 bits per heavy atom. The van der Waals surface area contributed by atoms with Crippen molar-refractivity contribution in [3.05, 3.63) is 22.0 Å². The lowest BCUT2D eigenvalue weighted by Crippen LogP contribution is -2.41. The summed E-state index contributed by atoms with van der Waals surface area (Å²) in [6.07, 6.45) is 5.22. The summed E-state index contributed by atoms with van der Waals surface area (Å²) in [6, 6.07) is 1.89. The average molecular weight is 418 g/mol. The van der Waals surface area contributed by atoms with Gasteiger partial charge in [0.2, 0.25) is 0 Å². The van der Waals surface area contributed by atoms with Crippen molar-refractivity contribution in [2.75, 3.05) is 24.7 Å². The van der Waals surface area contributed by atoms with E-state index in [1.807, 2.05) is 26.8 Å². The molecule has 1 fully saturated rings. The maximum absolute atomic E-state index is 12.6. The van der Waals surface area contributed by atoms with Crippen molar-refractivity contribution in [3.63, 3.8) is 0 Å². The molecule has 0 bridgehead atoms. The number of carbonyl (C=O) groups is 1. The van der Waals surface area contributed by atoms with Crippen molar-refractivity contribution in [3.8, 4) is 0 Å². The second-order valence-corrected chi connectivity index (χ2v) is 7.66. The molecule has 1 aliphatic heterocycles. The molecule has 2 heterocycles. The fraction of sp³-hybridized carbons (Fsp3) is 0.625. The molecule has 0 aliphatic carbocycles. The van der Waals surface area contributed by atoms with Gasteiger partial charge in [-0.15, -0.1) is 0 Å². The Bertz CT molecular complexity index is 510. The first kappa shape index (κ1) is 17.5. The number of pyridine rings is 1. The molecule has 2 rings (SSSR count). The summed E-state index contributed by atoms with van der Waals surface area (Å²) in [4.78, 5) is 18.5. The van der Waals surface area contributed by atoms with Crippen LogP contribution in [0.4, 0.5) is 10.5 Å². The van der Waals surface area contributed by atoms with Gasteiger partial charge in [-0.1, -0.05) is 0 Å². The van der Waals surface area contributed by atoms with E-state index in [9.17, 15) is 4.79 Å².